The summed E-state index contributed by atoms with van der Waals surface area (Å²) in [6.07, 6.45) is 5.49. The molecule has 11 heteroatoms. The van der Waals surface area contributed by atoms with E-state index in [1.54, 1.807) is 4.90 Å². The van der Waals surface area contributed by atoms with Crippen LogP contribution in [0, 0.1) is 18.8 Å². The maximum Gasteiger partial charge on any atom is 0.410 e. The normalized spacial score (nSPS) is 20.9. The first-order chi connectivity index (χ1) is 22.3. The number of nitrogens with zero attached hydrogens (tertiary/aromatic N) is 3. The highest BCUT2D eigenvalue weighted by Gasteiger charge is 2.36. The van der Waals surface area contributed by atoms with Gasteiger partial charge in [0.25, 0.3) is 5.91 Å². The number of carbonyl (C=O) groups is 3. The Bertz CT molecular complexity index is 1400. The van der Waals surface area contributed by atoms with Crippen LogP contribution in [0.5, 0.6) is 0 Å². The minimum Gasteiger partial charge on any atom is -0.436 e. The molecule has 0 aromatic heterocycles. The van der Waals surface area contributed by atoms with Gasteiger partial charge in [-0.05, 0) is 112 Å². The van der Waals surface area contributed by atoms with Crippen molar-refractivity contribution in [3.05, 3.63) is 62.0 Å². The van der Waals surface area contributed by atoms with Crippen molar-refractivity contribution in [3.8, 4) is 0 Å². The molecule has 4 aliphatic heterocycles. The average Bonchev–Trinajstić information content (AvgIpc) is 3.25. The third kappa shape index (κ3) is 7.73. The first-order valence-corrected chi connectivity index (χ1v) is 18.4. The van der Waals surface area contributed by atoms with Gasteiger partial charge in [-0.3, -0.25) is 4.79 Å². The van der Waals surface area contributed by atoms with E-state index in [1.165, 1.54) is 12.8 Å². The van der Waals surface area contributed by atoms with Gasteiger partial charge in [-0.15, -0.1) is 0 Å². The summed E-state index contributed by atoms with van der Waals surface area (Å²) in [6.45, 7) is 7.19. The number of carbonyl (C=O) groups excluding carboxylic acids is 3. The van der Waals surface area contributed by atoms with E-state index in [1.807, 2.05) is 47.1 Å². The third-order valence-corrected chi connectivity index (χ3v) is 12.1. The van der Waals surface area contributed by atoms with Crippen molar-refractivity contribution in [3.63, 3.8) is 0 Å². The molecule has 2 N–H and O–H groups in total. The fourth-order valence-corrected chi connectivity index (χ4v) is 8.90. The Hall–Kier alpha value is -2.63. The van der Waals surface area contributed by atoms with Crippen molar-refractivity contribution >= 4 is 55.6 Å². The van der Waals surface area contributed by atoms with Crippen molar-refractivity contribution in [2.45, 2.75) is 70.4 Å². The van der Waals surface area contributed by atoms with Crippen LogP contribution >= 0.6 is 31.9 Å². The monoisotopic (exact) mass is 759 g/mol. The molecular formula is C35H47Br2N5O4. The number of benzene rings is 2. The molecular weight excluding hydrogens is 714 g/mol. The lowest BCUT2D eigenvalue weighted by molar-refractivity contribution is -0.142. The number of amides is 4. The quantitative estimate of drug-likeness (QED) is 0.346. The summed E-state index contributed by atoms with van der Waals surface area (Å²) in [4.78, 5) is 46.2. The molecule has 46 heavy (non-hydrogen) atoms. The van der Waals surface area contributed by atoms with E-state index in [0.717, 1.165) is 69.6 Å². The highest BCUT2D eigenvalue weighted by Crippen LogP contribution is 2.32. The fraction of sp³-hybridized carbons (Fsp3) is 0.571. The standard InChI is InChI=1S/C35H45Br2N5O4.H2/c1-23-29(36)20-24(21-30(23)37)22-32(33(43)40-15-8-26(9-16-40)25-6-13-38-14-7-25)46-35(45)41-17-11-28(12-18-41)42-19-10-27-4-2-3-5-31(27)39-34(42)44;/h2-5,20-21,25-26,28,32,38H,6-19,22H2,1H3,(H,39,44);1H/t32-;/m1./s1. The molecule has 6 rings (SSSR count). The van der Waals surface area contributed by atoms with Gasteiger partial charge in [0.1, 0.15) is 0 Å². The number of hydrogen-bond donors (Lipinski definition) is 2. The largest absolute Gasteiger partial charge is 0.436 e. The predicted octanol–water partition coefficient (Wildman–Crippen LogP) is 6.61. The Morgan fingerprint density at radius 1 is 0.913 bits per heavy atom. The molecule has 3 saturated heterocycles. The van der Waals surface area contributed by atoms with Crippen LogP contribution in [-0.4, -0.2) is 90.7 Å². The first kappa shape index (κ1) is 33.3. The van der Waals surface area contributed by atoms with Gasteiger partial charge in [-0.2, -0.15) is 0 Å². The minimum atomic E-state index is -0.906. The molecule has 0 bridgehead atoms. The molecule has 0 unspecified atom stereocenters. The molecule has 250 valence electrons. The van der Waals surface area contributed by atoms with Crippen LogP contribution in [0.1, 0.15) is 56.6 Å². The lowest BCUT2D eigenvalue weighted by Gasteiger charge is -2.39. The summed E-state index contributed by atoms with van der Waals surface area (Å²) in [5, 5.41) is 6.52. The van der Waals surface area contributed by atoms with Crippen LogP contribution in [0.15, 0.2) is 45.3 Å². The van der Waals surface area contributed by atoms with Gasteiger partial charge in [0.15, 0.2) is 6.10 Å². The molecule has 0 radical (unpaired) electrons. The van der Waals surface area contributed by atoms with Crippen LogP contribution in [0.3, 0.4) is 0 Å². The SMILES string of the molecule is Cc1c(Br)cc(C[C@@H](OC(=O)N2CCC(N3CCc4ccccc4NC3=O)CC2)C(=O)N2CCC(C3CCNCC3)CC2)cc1Br.[HH]. The maximum atomic E-state index is 14.0. The van der Waals surface area contributed by atoms with Crippen molar-refractivity contribution in [1.82, 2.24) is 20.0 Å². The van der Waals surface area contributed by atoms with E-state index >= 15 is 0 Å². The summed E-state index contributed by atoms with van der Waals surface area (Å²) in [6, 6.07) is 11.9. The van der Waals surface area contributed by atoms with Crippen LogP contribution in [-0.2, 0) is 22.4 Å². The lowest BCUT2D eigenvalue weighted by atomic mass is 9.79. The summed E-state index contributed by atoms with van der Waals surface area (Å²) in [5.74, 6) is 1.27. The summed E-state index contributed by atoms with van der Waals surface area (Å²) >= 11 is 7.27. The number of piperidine rings is 3. The lowest BCUT2D eigenvalue weighted by Crippen LogP contribution is -2.52. The molecule has 4 heterocycles. The number of nitrogens with one attached hydrogen (secondary N) is 2. The third-order valence-electron chi connectivity index (χ3n) is 10.5. The minimum absolute atomic E-state index is 0. The van der Waals surface area contributed by atoms with E-state index in [-0.39, 0.29) is 19.4 Å². The zero-order valence-electron chi connectivity index (χ0n) is 26.6. The van der Waals surface area contributed by atoms with Crippen LogP contribution < -0.4 is 10.6 Å². The van der Waals surface area contributed by atoms with Gasteiger partial charge >= 0.3 is 12.1 Å². The van der Waals surface area contributed by atoms with E-state index in [4.69, 9.17) is 4.74 Å². The Morgan fingerprint density at radius 2 is 1.54 bits per heavy atom. The number of para-hydroxylation sites is 1. The number of rotatable bonds is 6. The van der Waals surface area contributed by atoms with E-state index < -0.39 is 12.2 Å². The van der Waals surface area contributed by atoms with Gasteiger partial charge in [0.05, 0.1) is 0 Å². The predicted molar refractivity (Wildman–Crippen MR) is 188 cm³/mol. The Labute approximate surface area is 290 Å². The van der Waals surface area contributed by atoms with Crippen LogP contribution in [0.4, 0.5) is 15.3 Å². The maximum absolute atomic E-state index is 14.0. The summed E-state index contributed by atoms with van der Waals surface area (Å²) < 4.78 is 7.98. The first-order valence-electron chi connectivity index (χ1n) is 16.8. The number of urea groups is 1. The van der Waals surface area contributed by atoms with E-state index in [2.05, 4.69) is 48.6 Å². The van der Waals surface area contributed by atoms with Crippen molar-refractivity contribution < 1.29 is 20.5 Å². The smallest absolute Gasteiger partial charge is 0.410 e. The number of halogens is 2. The van der Waals surface area contributed by atoms with Crippen molar-refractivity contribution in [1.29, 1.82) is 0 Å². The van der Waals surface area contributed by atoms with Crippen LogP contribution in [0.25, 0.3) is 0 Å². The van der Waals surface area contributed by atoms with Crippen LogP contribution in [0.2, 0.25) is 0 Å². The molecule has 3 fully saturated rings. The Kier molecular flexibility index (Phi) is 10.9. The molecule has 4 aliphatic rings. The fourth-order valence-electron chi connectivity index (χ4n) is 7.61. The number of fused-ring (bicyclic) bond motifs is 1. The Morgan fingerprint density at radius 3 is 2.24 bits per heavy atom. The number of likely N-dealkylation sites (tertiary alicyclic amines) is 2. The van der Waals surface area contributed by atoms with E-state index in [0.29, 0.717) is 57.9 Å². The molecule has 2 aromatic rings. The van der Waals surface area contributed by atoms with Gasteiger partial charge in [0.2, 0.25) is 0 Å². The van der Waals surface area contributed by atoms with Gasteiger partial charge in [-0.25, -0.2) is 9.59 Å². The highest BCUT2D eigenvalue weighted by atomic mass is 79.9. The number of hydrogen-bond acceptors (Lipinski definition) is 5. The molecule has 0 aliphatic carbocycles. The second-order valence-electron chi connectivity index (χ2n) is 13.3. The second kappa shape index (κ2) is 15.1. The summed E-state index contributed by atoms with van der Waals surface area (Å²) in [7, 11) is 0. The molecule has 4 amide bonds. The number of ether oxygens (including phenoxy) is 1. The molecule has 2 aromatic carbocycles. The van der Waals surface area contributed by atoms with Gasteiger partial charge in [0, 0.05) is 61.2 Å². The average molecular weight is 762 g/mol. The molecule has 9 nitrogen and oxygen atoms in total. The zero-order valence-corrected chi connectivity index (χ0v) is 29.8. The van der Waals surface area contributed by atoms with E-state index in [9.17, 15) is 14.4 Å². The Balaban J connectivity index is 0.00000433. The molecule has 1 atom stereocenters. The van der Waals surface area contributed by atoms with Crippen molar-refractivity contribution in [2.24, 2.45) is 11.8 Å². The highest BCUT2D eigenvalue weighted by molar-refractivity contribution is 9.11. The zero-order chi connectivity index (χ0) is 32.2. The topological polar surface area (TPSA) is 94.2 Å². The molecule has 0 saturated carbocycles. The molecule has 0 spiro atoms. The van der Waals surface area contributed by atoms with Gasteiger partial charge in [-0.1, -0.05) is 50.1 Å². The van der Waals surface area contributed by atoms with Gasteiger partial charge < -0.3 is 30.1 Å². The summed E-state index contributed by atoms with van der Waals surface area (Å²) in [5.41, 5.74) is 4.01. The second-order valence-corrected chi connectivity index (χ2v) is 15.0. The number of anilines is 1. The van der Waals surface area contributed by atoms with Crippen molar-refractivity contribution in [2.75, 3.05) is 51.1 Å².